The number of anilines is 1. The second-order valence-electron chi connectivity index (χ2n) is 7.80. The van der Waals surface area contributed by atoms with Gasteiger partial charge in [-0.15, -0.1) is 0 Å². The van der Waals surface area contributed by atoms with Crippen molar-refractivity contribution in [3.8, 4) is 22.5 Å². The van der Waals surface area contributed by atoms with Crippen LogP contribution in [0.1, 0.15) is 45.7 Å². The van der Waals surface area contributed by atoms with Gasteiger partial charge in [-0.25, -0.2) is 0 Å². The summed E-state index contributed by atoms with van der Waals surface area (Å²) in [6.07, 6.45) is 0. The molecule has 0 atom stereocenters. The number of hydrogen-bond donors (Lipinski definition) is 0. The Morgan fingerprint density at radius 1 is 0.818 bits per heavy atom. The number of fused-ring (bicyclic) bond motifs is 2. The molecule has 0 saturated carbocycles. The third-order valence-corrected chi connectivity index (χ3v) is 5.81. The predicted octanol–water partition coefficient (Wildman–Crippen LogP) is 4.62. The predicted molar refractivity (Wildman–Crippen MR) is 139 cm³/mol. The molecule has 4 rings (SSSR count). The fraction of sp³-hybridized carbons (Fsp3) is 0.345. The van der Waals surface area contributed by atoms with E-state index in [1.165, 1.54) is 27.9 Å². The van der Waals surface area contributed by atoms with Gasteiger partial charge in [0.25, 0.3) is 0 Å². The van der Waals surface area contributed by atoms with Crippen molar-refractivity contribution < 1.29 is 55.8 Å². The van der Waals surface area contributed by atoms with Gasteiger partial charge >= 0.3 is 51.4 Å². The van der Waals surface area contributed by atoms with Crippen molar-refractivity contribution in [3.05, 3.63) is 71.1 Å². The van der Waals surface area contributed by atoms with E-state index in [2.05, 4.69) is 99.1 Å². The van der Waals surface area contributed by atoms with E-state index < -0.39 is 0 Å². The number of nitrogens with zero attached hydrogens (tertiary/aromatic N) is 2. The van der Waals surface area contributed by atoms with Gasteiger partial charge in [-0.3, -0.25) is 4.99 Å². The topological polar surface area (TPSA) is 28.7 Å². The van der Waals surface area contributed by atoms with E-state index in [-0.39, 0.29) is 51.4 Å². The summed E-state index contributed by atoms with van der Waals surface area (Å²) in [7, 11) is 0. The molecule has 0 saturated heterocycles. The Labute approximate surface area is 241 Å². The maximum atomic E-state index is 6.45. The molecule has 0 radical (unpaired) electrons. The van der Waals surface area contributed by atoms with Crippen LogP contribution < -0.4 is 61.6 Å². The molecule has 1 aliphatic carbocycles. The van der Waals surface area contributed by atoms with Crippen LogP contribution in [-0.2, 0) is 0 Å². The van der Waals surface area contributed by atoms with Gasteiger partial charge in [0.05, 0.1) is 5.36 Å². The Balaban J connectivity index is 0.00000125. The van der Waals surface area contributed by atoms with Crippen LogP contribution in [0.3, 0.4) is 0 Å². The van der Waals surface area contributed by atoms with Gasteiger partial charge < -0.3 is 9.32 Å². The Hall–Kier alpha value is -1.43. The molecule has 1 aliphatic heterocycles. The molecule has 0 spiro atoms. The van der Waals surface area contributed by atoms with E-state index in [0.717, 1.165) is 47.3 Å². The molecule has 0 fully saturated rings. The molecule has 0 N–H and O–H groups in total. The van der Waals surface area contributed by atoms with E-state index in [1.807, 2.05) is 13.8 Å². The number of rotatable bonds is 5. The molecule has 168 valence electrons. The monoisotopic (exact) mass is 467 g/mol. The van der Waals surface area contributed by atoms with Crippen LogP contribution in [0.5, 0.6) is 0 Å². The zero-order valence-electron chi connectivity index (χ0n) is 21.6. The normalized spacial score (nSPS) is 11.2. The summed E-state index contributed by atoms with van der Waals surface area (Å²) in [5.41, 5.74) is 8.27. The Morgan fingerprint density at radius 3 is 2.15 bits per heavy atom. The van der Waals surface area contributed by atoms with Crippen LogP contribution in [0.15, 0.2) is 64.0 Å². The minimum absolute atomic E-state index is 0. The van der Waals surface area contributed by atoms with Crippen molar-refractivity contribution in [3.63, 3.8) is 0 Å². The molecule has 3 nitrogen and oxygen atoms in total. The maximum Gasteiger partial charge on any atom is 1.00 e. The van der Waals surface area contributed by atoms with Gasteiger partial charge in [-0.1, -0.05) is 37.6 Å². The van der Waals surface area contributed by atoms with Crippen LogP contribution in [0.25, 0.3) is 33.4 Å². The quantitative estimate of drug-likeness (QED) is 0.317. The number of hydrogen-bond acceptors (Lipinski definition) is 3. The van der Waals surface area contributed by atoms with Crippen LogP contribution in [-0.4, -0.2) is 19.6 Å². The largest absolute Gasteiger partial charge is 1.00 e. The molecule has 1 heterocycles. The zero-order chi connectivity index (χ0) is 23.3. The summed E-state index contributed by atoms with van der Waals surface area (Å²) in [5.74, 6) is 0.879. The van der Waals surface area contributed by atoms with Crippen LogP contribution in [0, 0.1) is 13.8 Å². The Bertz CT molecular complexity index is 1240. The van der Waals surface area contributed by atoms with Crippen LogP contribution >= 0.6 is 0 Å². The van der Waals surface area contributed by atoms with Gasteiger partial charge in [0.2, 0.25) is 0 Å². The molecule has 0 amide bonds. The maximum absolute atomic E-state index is 6.45. The van der Waals surface area contributed by atoms with Crippen molar-refractivity contribution >= 4 is 16.7 Å². The van der Waals surface area contributed by atoms with Crippen molar-refractivity contribution in [2.75, 3.05) is 24.5 Å². The van der Waals surface area contributed by atoms with Crippen molar-refractivity contribution in [2.45, 2.75) is 48.5 Å². The molecule has 33 heavy (non-hydrogen) atoms. The minimum atomic E-state index is 0. The molecule has 0 bridgehead atoms. The van der Waals surface area contributed by atoms with Crippen molar-refractivity contribution in [1.82, 2.24) is 0 Å². The SMILES string of the molecule is CC.CCN=c1ccc2c(-c3ccc(C)cc3C)c3ccc(N(CC)CC)cc3oc-2c1.[K+]. The molecule has 0 aromatic heterocycles. The first-order chi connectivity index (χ1) is 15.5. The van der Waals surface area contributed by atoms with Gasteiger partial charge in [-0.2, -0.15) is 0 Å². The second-order valence-corrected chi connectivity index (χ2v) is 7.80. The summed E-state index contributed by atoms with van der Waals surface area (Å²) >= 11 is 0. The van der Waals surface area contributed by atoms with Crippen LogP contribution in [0.2, 0.25) is 0 Å². The molecular formula is C29H36KN2O+. The van der Waals surface area contributed by atoms with Gasteiger partial charge in [0.15, 0.2) is 0 Å². The van der Waals surface area contributed by atoms with E-state index in [0.29, 0.717) is 0 Å². The van der Waals surface area contributed by atoms with E-state index in [9.17, 15) is 0 Å². The number of benzene rings is 3. The third kappa shape index (κ3) is 5.98. The zero-order valence-corrected chi connectivity index (χ0v) is 24.7. The third-order valence-electron chi connectivity index (χ3n) is 5.81. The first-order valence-corrected chi connectivity index (χ1v) is 11.9. The minimum Gasteiger partial charge on any atom is -0.456 e. The molecule has 2 aromatic rings. The molecular weight excluding hydrogens is 431 g/mol. The number of aryl methyl sites for hydroxylation is 2. The van der Waals surface area contributed by atoms with Crippen molar-refractivity contribution in [2.24, 2.45) is 4.99 Å². The Morgan fingerprint density at radius 2 is 1.52 bits per heavy atom. The average Bonchev–Trinajstić information content (AvgIpc) is 2.80. The molecule has 2 aromatic carbocycles. The Kier molecular flexibility index (Phi) is 10.8. The molecule has 2 aliphatic rings. The van der Waals surface area contributed by atoms with E-state index in [4.69, 9.17) is 4.42 Å². The van der Waals surface area contributed by atoms with Crippen LogP contribution in [0.4, 0.5) is 5.69 Å². The fourth-order valence-corrected chi connectivity index (χ4v) is 4.32. The smallest absolute Gasteiger partial charge is 0.456 e. The fourth-order valence-electron chi connectivity index (χ4n) is 4.32. The summed E-state index contributed by atoms with van der Waals surface area (Å²) in [5, 5.41) is 2.10. The summed E-state index contributed by atoms with van der Waals surface area (Å²) < 4.78 is 6.45. The second kappa shape index (κ2) is 12.9. The van der Waals surface area contributed by atoms with Gasteiger partial charge in [-0.05, 0) is 70.0 Å². The summed E-state index contributed by atoms with van der Waals surface area (Å²) in [6, 6.07) is 19.6. The molecule has 0 unspecified atom stereocenters. The summed E-state index contributed by atoms with van der Waals surface area (Å²) in [4.78, 5) is 6.92. The first kappa shape index (κ1) is 27.8. The van der Waals surface area contributed by atoms with E-state index >= 15 is 0 Å². The van der Waals surface area contributed by atoms with E-state index in [1.54, 1.807) is 0 Å². The van der Waals surface area contributed by atoms with Gasteiger partial charge in [0, 0.05) is 54.0 Å². The average molecular weight is 468 g/mol. The first-order valence-electron chi connectivity index (χ1n) is 11.9. The van der Waals surface area contributed by atoms with Gasteiger partial charge in [0.1, 0.15) is 11.3 Å². The van der Waals surface area contributed by atoms with Crippen molar-refractivity contribution in [1.29, 1.82) is 0 Å². The standard InChI is InChI=1S/C27H30N2O.C2H6.K/c1-6-28-20-10-13-23-25(16-20)30-26-17-21(29(7-2)8-3)11-14-24(26)27(23)22-12-9-18(4)15-19(22)5;1-2;/h9-17H,6-8H2,1-5H3;1-2H3;/q;;+1. The molecule has 4 heteroatoms. The summed E-state index contributed by atoms with van der Waals surface area (Å²) in [6.45, 7) is 17.5.